The average molecular weight is 286 g/mol. The van der Waals surface area contributed by atoms with Gasteiger partial charge < -0.3 is 0 Å². The van der Waals surface area contributed by atoms with Crippen LogP contribution < -0.4 is 0 Å². The van der Waals surface area contributed by atoms with Gasteiger partial charge in [-0.15, -0.1) is 5.10 Å². The van der Waals surface area contributed by atoms with Gasteiger partial charge in [0, 0.05) is 10.9 Å². The first kappa shape index (κ1) is 13.7. The lowest BCUT2D eigenvalue weighted by molar-refractivity contribution is 0.278. The van der Waals surface area contributed by atoms with Crippen LogP contribution in [0.1, 0.15) is 44.6 Å². The molecule has 0 N–H and O–H groups in total. The maximum absolute atomic E-state index is 4.11. The highest BCUT2D eigenvalue weighted by molar-refractivity contribution is 7.03. The Hall–Kier alpha value is -1.22. The van der Waals surface area contributed by atoms with Gasteiger partial charge in [-0.2, -0.15) is 0 Å². The molecule has 1 aromatic carbocycles. The van der Waals surface area contributed by atoms with Crippen LogP contribution in [0.5, 0.6) is 0 Å². The van der Waals surface area contributed by atoms with E-state index in [2.05, 4.69) is 40.8 Å². The summed E-state index contributed by atoms with van der Waals surface area (Å²) in [5.74, 6) is 1.91. The second-order valence-electron chi connectivity index (χ2n) is 6.15. The first-order valence-electron chi connectivity index (χ1n) is 7.67. The fraction of sp³-hybridized carbons (Fsp3) is 0.529. The van der Waals surface area contributed by atoms with Gasteiger partial charge in [0.25, 0.3) is 0 Å². The molecule has 3 rings (SSSR count). The van der Waals surface area contributed by atoms with E-state index in [1.807, 2.05) is 5.38 Å². The summed E-state index contributed by atoms with van der Waals surface area (Å²) in [4.78, 5) is 0. The van der Waals surface area contributed by atoms with Gasteiger partial charge in [-0.25, -0.2) is 0 Å². The summed E-state index contributed by atoms with van der Waals surface area (Å²) in [7, 11) is 0. The molecule has 0 bridgehead atoms. The highest BCUT2D eigenvalue weighted by Gasteiger charge is 2.17. The summed E-state index contributed by atoms with van der Waals surface area (Å²) in [6.45, 7) is 2.39. The lowest BCUT2D eigenvalue weighted by atomic mass is 9.80. The Morgan fingerprint density at radius 1 is 1.10 bits per heavy atom. The van der Waals surface area contributed by atoms with E-state index in [-0.39, 0.29) is 0 Å². The molecular formula is C17H22N2S. The first-order valence-corrected chi connectivity index (χ1v) is 8.51. The SMILES string of the molecule is CC1CCC(CCc2ccc(-c3csnn3)cc2)CC1. The van der Waals surface area contributed by atoms with E-state index in [0.29, 0.717) is 0 Å². The van der Waals surface area contributed by atoms with Gasteiger partial charge in [0.1, 0.15) is 5.69 Å². The van der Waals surface area contributed by atoms with Crippen molar-refractivity contribution in [3.8, 4) is 11.3 Å². The molecule has 0 radical (unpaired) electrons. The fourth-order valence-electron chi connectivity index (χ4n) is 3.12. The minimum Gasteiger partial charge on any atom is -0.138 e. The van der Waals surface area contributed by atoms with Crippen molar-refractivity contribution in [2.75, 3.05) is 0 Å². The lowest BCUT2D eigenvalue weighted by Gasteiger charge is -2.26. The molecule has 2 aromatic rings. The third-order valence-electron chi connectivity index (χ3n) is 4.59. The van der Waals surface area contributed by atoms with Crippen molar-refractivity contribution in [2.24, 2.45) is 11.8 Å². The standard InChI is InChI=1S/C17H22N2S/c1-13-2-4-14(5-3-13)6-7-15-8-10-16(11-9-15)17-12-20-19-18-17/h8-14H,2-7H2,1H3. The van der Waals surface area contributed by atoms with Gasteiger partial charge in [-0.3, -0.25) is 0 Å². The zero-order chi connectivity index (χ0) is 13.8. The Labute approximate surface area is 125 Å². The molecule has 0 unspecified atom stereocenters. The van der Waals surface area contributed by atoms with Crippen LogP contribution in [0, 0.1) is 11.8 Å². The summed E-state index contributed by atoms with van der Waals surface area (Å²) in [5, 5.41) is 6.11. The van der Waals surface area contributed by atoms with Crippen LogP contribution >= 0.6 is 11.5 Å². The van der Waals surface area contributed by atoms with Crippen molar-refractivity contribution in [1.29, 1.82) is 0 Å². The Balaban J connectivity index is 1.53. The van der Waals surface area contributed by atoms with E-state index in [4.69, 9.17) is 0 Å². The maximum Gasteiger partial charge on any atom is 0.105 e. The van der Waals surface area contributed by atoms with Crippen molar-refractivity contribution in [3.63, 3.8) is 0 Å². The third kappa shape index (κ3) is 3.45. The minimum absolute atomic E-state index is 0.952. The summed E-state index contributed by atoms with van der Waals surface area (Å²) in [6.07, 6.45) is 8.30. The van der Waals surface area contributed by atoms with Crippen molar-refractivity contribution in [2.45, 2.75) is 45.4 Å². The largest absolute Gasteiger partial charge is 0.138 e. The molecular weight excluding hydrogens is 264 g/mol. The first-order chi connectivity index (χ1) is 9.81. The van der Waals surface area contributed by atoms with Crippen LogP contribution in [0.4, 0.5) is 0 Å². The third-order valence-corrected chi connectivity index (χ3v) is 5.09. The van der Waals surface area contributed by atoms with Crippen LogP contribution in [0.3, 0.4) is 0 Å². The lowest BCUT2D eigenvalue weighted by Crippen LogP contribution is -2.12. The van der Waals surface area contributed by atoms with E-state index in [1.165, 1.54) is 61.2 Å². The highest BCUT2D eigenvalue weighted by atomic mass is 32.1. The monoisotopic (exact) mass is 286 g/mol. The maximum atomic E-state index is 4.11. The van der Waals surface area contributed by atoms with Crippen LogP contribution in [0.15, 0.2) is 29.6 Å². The number of hydrogen-bond acceptors (Lipinski definition) is 3. The van der Waals surface area contributed by atoms with Crippen LogP contribution in [0.2, 0.25) is 0 Å². The Kier molecular flexibility index (Phi) is 4.46. The summed E-state index contributed by atoms with van der Waals surface area (Å²) >= 11 is 1.41. The summed E-state index contributed by atoms with van der Waals surface area (Å²) in [6, 6.07) is 8.85. The van der Waals surface area contributed by atoms with E-state index >= 15 is 0 Å². The second-order valence-corrected chi connectivity index (χ2v) is 6.76. The summed E-state index contributed by atoms with van der Waals surface area (Å²) < 4.78 is 3.92. The van der Waals surface area contributed by atoms with Gasteiger partial charge in [0.15, 0.2) is 0 Å². The Bertz CT molecular complexity index is 510. The van der Waals surface area contributed by atoms with Crippen LogP contribution in [0.25, 0.3) is 11.3 Å². The van der Waals surface area contributed by atoms with Gasteiger partial charge >= 0.3 is 0 Å². The zero-order valence-electron chi connectivity index (χ0n) is 12.1. The molecule has 0 aliphatic heterocycles. The molecule has 1 aromatic heterocycles. The number of aromatic nitrogens is 2. The molecule has 2 nitrogen and oxygen atoms in total. The Morgan fingerprint density at radius 3 is 2.50 bits per heavy atom. The number of hydrogen-bond donors (Lipinski definition) is 0. The predicted octanol–water partition coefficient (Wildman–Crippen LogP) is 4.96. The van der Waals surface area contributed by atoms with E-state index in [0.717, 1.165) is 17.5 Å². The molecule has 1 fully saturated rings. The van der Waals surface area contributed by atoms with Crippen molar-refractivity contribution in [3.05, 3.63) is 35.2 Å². The van der Waals surface area contributed by atoms with Gasteiger partial charge in [-0.1, -0.05) is 61.4 Å². The van der Waals surface area contributed by atoms with Gasteiger partial charge in [0.2, 0.25) is 0 Å². The fourth-order valence-corrected chi connectivity index (χ4v) is 3.59. The molecule has 1 aliphatic carbocycles. The average Bonchev–Trinajstić information content (AvgIpc) is 3.01. The molecule has 3 heteroatoms. The van der Waals surface area contributed by atoms with Crippen molar-refractivity contribution in [1.82, 2.24) is 9.59 Å². The smallest absolute Gasteiger partial charge is 0.105 e. The molecule has 106 valence electrons. The van der Waals surface area contributed by atoms with Crippen LogP contribution in [-0.4, -0.2) is 9.59 Å². The van der Waals surface area contributed by atoms with Gasteiger partial charge in [0.05, 0.1) is 0 Å². The van der Waals surface area contributed by atoms with Crippen molar-refractivity contribution < 1.29 is 0 Å². The molecule has 1 aliphatic rings. The predicted molar refractivity (Wildman–Crippen MR) is 84.8 cm³/mol. The molecule has 20 heavy (non-hydrogen) atoms. The minimum atomic E-state index is 0.952. The zero-order valence-corrected chi connectivity index (χ0v) is 12.9. The Morgan fingerprint density at radius 2 is 1.85 bits per heavy atom. The number of rotatable bonds is 4. The van der Waals surface area contributed by atoms with Crippen molar-refractivity contribution >= 4 is 11.5 Å². The molecule has 0 spiro atoms. The van der Waals surface area contributed by atoms with E-state index in [9.17, 15) is 0 Å². The van der Waals surface area contributed by atoms with E-state index < -0.39 is 0 Å². The highest BCUT2D eigenvalue weighted by Crippen LogP contribution is 2.31. The van der Waals surface area contributed by atoms with Gasteiger partial charge in [-0.05, 0) is 41.8 Å². The van der Waals surface area contributed by atoms with E-state index in [1.54, 1.807) is 0 Å². The quantitative estimate of drug-likeness (QED) is 0.793. The number of benzene rings is 1. The summed E-state index contributed by atoms with van der Waals surface area (Å²) in [5.41, 5.74) is 3.62. The molecule has 0 atom stereocenters. The normalized spacial score (nSPS) is 22.9. The number of aryl methyl sites for hydroxylation is 1. The molecule has 1 saturated carbocycles. The molecule has 0 saturated heterocycles. The second kappa shape index (κ2) is 6.49. The topological polar surface area (TPSA) is 25.8 Å². The van der Waals surface area contributed by atoms with Crippen LogP contribution in [-0.2, 0) is 6.42 Å². The number of nitrogens with zero attached hydrogens (tertiary/aromatic N) is 2. The molecule has 0 amide bonds. The molecule has 1 heterocycles.